The summed E-state index contributed by atoms with van der Waals surface area (Å²) in [5, 5.41) is 18.1. The third kappa shape index (κ3) is 7.17. The zero-order valence-corrected chi connectivity index (χ0v) is 14.2. The number of hydrogen-bond acceptors (Lipinski definition) is 4. The molecular formula is C16H22O7P+. The van der Waals surface area contributed by atoms with E-state index in [9.17, 15) is 19.3 Å². The molecule has 0 aromatic heterocycles. The summed E-state index contributed by atoms with van der Waals surface area (Å²) in [5.74, 6) is -2.14. The molecule has 0 aliphatic rings. The predicted octanol–water partition coefficient (Wildman–Crippen LogP) is 3.14. The number of unbranched alkanes of at least 4 members (excludes halogenated alkanes) is 3. The van der Waals surface area contributed by atoms with E-state index < -0.39 is 25.8 Å². The second-order valence-electron chi connectivity index (χ2n) is 5.60. The van der Waals surface area contributed by atoms with Gasteiger partial charge in [0.25, 0.3) is 0 Å². The molecule has 1 aromatic carbocycles. The molecule has 0 bridgehead atoms. The highest BCUT2D eigenvalue weighted by atomic mass is 31.1. The second kappa shape index (κ2) is 10.1. The molecule has 0 radical (unpaired) electrons. The molecule has 132 valence electrons. The van der Waals surface area contributed by atoms with Crippen LogP contribution in [0.2, 0.25) is 0 Å². The van der Waals surface area contributed by atoms with Crippen LogP contribution in [0.4, 0.5) is 0 Å². The van der Waals surface area contributed by atoms with Gasteiger partial charge in [-0.1, -0.05) is 43.2 Å². The zero-order valence-electron chi connectivity index (χ0n) is 13.3. The second-order valence-corrected chi connectivity index (χ2v) is 6.26. The molecule has 7 nitrogen and oxygen atoms in total. The van der Waals surface area contributed by atoms with E-state index in [1.54, 1.807) is 30.3 Å². The summed E-state index contributed by atoms with van der Waals surface area (Å²) >= 11 is 0. The average molecular weight is 357 g/mol. The van der Waals surface area contributed by atoms with Crippen molar-refractivity contribution in [1.82, 2.24) is 0 Å². The van der Waals surface area contributed by atoms with Gasteiger partial charge >= 0.3 is 20.2 Å². The molecule has 0 aliphatic heterocycles. The third-order valence-electron chi connectivity index (χ3n) is 3.70. The van der Waals surface area contributed by atoms with Gasteiger partial charge in [0.2, 0.25) is 5.60 Å². The van der Waals surface area contributed by atoms with Crippen LogP contribution in [0.15, 0.2) is 30.3 Å². The highest BCUT2D eigenvalue weighted by Gasteiger charge is 2.47. The van der Waals surface area contributed by atoms with Crippen molar-refractivity contribution in [2.24, 2.45) is 0 Å². The number of hydrogen-bond donors (Lipinski definition) is 3. The van der Waals surface area contributed by atoms with Crippen molar-refractivity contribution < 1.29 is 33.8 Å². The number of carboxylic acid groups (broad SMARTS) is 2. The zero-order chi connectivity index (χ0) is 18.0. The van der Waals surface area contributed by atoms with Crippen LogP contribution in [0.1, 0.15) is 44.1 Å². The maximum atomic E-state index is 11.7. The monoisotopic (exact) mass is 357 g/mol. The maximum absolute atomic E-state index is 11.7. The van der Waals surface area contributed by atoms with E-state index in [0.29, 0.717) is 31.2 Å². The number of rotatable bonds is 12. The van der Waals surface area contributed by atoms with Crippen molar-refractivity contribution in [2.45, 2.75) is 50.5 Å². The lowest BCUT2D eigenvalue weighted by Gasteiger charge is -2.23. The first-order valence-electron chi connectivity index (χ1n) is 7.70. The number of carboxylic acids is 2. The van der Waals surface area contributed by atoms with Gasteiger partial charge in [-0.15, -0.1) is 9.42 Å². The highest BCUT2D eigenvalue weighted by molar-refractivity contribution is 7.32. The summed E-state index contributed by atoms with van der Waals surface area (Å²) in [6, 6.07) is 8.78. The van der Waals surface area contributed by atoms with Crippen molar-refractivity contribution in [1.29, 1.82) is 0 Å². The third-order valence-corrected chi connectivity index (χ3v) is 4.20. The Labute approximate surface area is 141 Å². The van der Waals surface area contributed by atoms with Gasteiger partial charge in [0.05, 0.1) is 0 Å². The number of benzene rings is 1. The van der Waals surface area contributed by atoms with Crippen LogP contribution in [0.3, 0.4) is 0 Å². The van der Waals surface area contributed by atoms with Gasteiger partial charge in [0.15, 0.2) is 0 Å². The quantitative estimate of drug-likeness (QED) is 0.388. The number of carbonyl (C=O) groups is 2. The Morgan fingerprint density at radius 3 is 2.21 bits per heavy atom. The van der Waals surface area contributed by atoms with Crippen LogP contribution >= 0.6 is 8.25 Å². The lowest BCUT2D eigenvalue weighted by Crippen LogP contribution is -2.42. The molecule has 3 N–H and O–H groups in total. The highest BCUT2D eigenvalue weighted by Crippen LogP contribution is 2.34. The summed E-state index contributed by atoms with van der Waals surface area (Å²) < 4.78 is 16.0. The minimum absolute atomic E-state index is 0.0140. The Hall–Kier alpha value is -1.82. The lowest BCUT2D eigenvalue weighted by atomic mass is 9.89. The minimum Gasteiger partial charge on any atom is -0.481 e. The Morgan fingerprint density at radius 1 is 1.04 bits per heavy atom. The first kappa shape index (κ1) is 20.2. The van der Waals surface area contributed by atoms with Crippen molar-refractivity contribution in [3.05, 3.63) is 35.9 Å². The van der Waals surface area contributed by atoms with Gasteiger partial charge < -0.3 is 10.2 Å². The largest absolute Gasteiger partial charge is 0.695 e. The van der Waals surface area contributed by atoms with Crippen LogP contribution in [-0.4, -0.2) is 32.6 Å². The smallest absolute Gasteiger partial charge is 0.481 e. The van der Waals surface area contributed by atoms with Gasteiger partial charge in [-0.05, 0) is 24.8 Å². The molecule has 0 heterocycles. The molecule has 1 rings (SSSR count). The van der Waals surface area contributed by atoms with E-state index in [1.165, 1.54) is 0 Å². The Morgan fingerprint density at radius 2 is 1.67 bits per heavy atom. The molecular weight excluding hydrogens is 335 g/mol. The van der Waals surface area contributed by atoms with E-state index in [-0.39, 0.29) is 19.3 Å². The molecule has 0 spiro atoms. The fraction of sp³-hybridized carbons (Fsp3) is 0.500. The molecule has 2 atom stereocenters. The first-order chi connectivity index (χ1) is 11.4. The summed E-state index contributed by atoms with van der Waals surface area (Å²) in [4.78, 5) is 31.3. The fourth-order valence-corrected chi connectivity index (χ4v) is 3.04. The van der Waals surface area contributed by atoms with Crippen molar-refractivity contribution in [3.63, 3.8) is 0 Å². The van der Waals surface area contributed by atoms with E-state index >= 15 is 0 Å². The van der Waals surface area contributed by atoms with E-state index in [1.807, 2.05) is 0 Å². The summed E-state index contributed by atoms with van der Waals surface area (Å²) in [6.07, 6.45) is 2.39. The molecule has 1 aromatic rings. The van der Waals surface area contributed by atoms with Crippen molar-refractivity contribution >= 4 is 20.2 Å². The maximum Gasteiger partial charge on any atom is 0.695 e. The number of aliphatic carboxylic acids is 2. The topological polar surface area (TPSA) is 121 Å². The molecule has 0 saturated carbocycles. The van der Waals surface area contributed by atoms with Gasteiger partial charge in [0.1, 0.15) is 0 Å². The Balaban J connectivity index is 2.71. The summed E-state index contributed by atoms with van der Waals surface area (Å²) in [7, 11) is -3.06. The van der Waals surface area contributed by atoms with E-state index in [0.717, 1.165) is 0 Å². The van der Waals surface area contributed by atoms with Crippen molar-refractivity contribution in [2.75, 3.05) is 0 Å². The molecule has 2 unspecified atom stereocenters. The van der Waals surface area contributed by atoms with Crippen LogP contribution in [-0.2, 0) is 25.1 Å². The summed E-state index contributed by atoms with van der Waals surface area (Å²) in [5.41, 5.74) is -1.07. The first-order valence-corrected chi connectivity index (χ1v) is 8.83. The van der Waals surface area contributed by atoms with E-state index in [2.05, 4.69) is 0 Å². The van der Waals surface area contributed by atoms with Crippen LogP contribution in [0, 0.1) is 0 Å². The summed E-state index contributed by atoms with van der Waals surface area (Å²) in [6.45, 7) is 0. The Bertz CT molecular complexity index is 561. The van der Waals surface area contributed by atoms with Crippen LogP contribution in [0.5, 0.6) is 0 Å². The lowest BCUT2D eigenvalue weighted by molar-refractivity contribution is -0.156. The van der Waals surface area contributed by atoms with Gasteiger partial charge in [-0.2, -0.15) is 0 Å². The molecule has 8 heteroatoms. The Kier molecular flexibility index (Phi) is 8.54. The van der Waals surface area contributed by atoms with Crippen LogP contribution in [0.25, 0.3) is 0 Å². The average Bonchev–Trinajstić information content (AvgIpc) is 2.50. The van der Waals surface area contributed by atoms with Crippen molar-refractivity contribution in [3.8, 4) is 0 Å². The predicted molar refractivity (Wildman–Crippen MR) is 86.8 cm³/mol. The molecule has 24 heavy (non-hydrogen) atoms. The fourth-order valence-electron chi connectivity index (χ4n) is 2.50. The minimum atomic E-state index is -3.06. The van der Waals surface area contributed by atoms with Gasteiger partial charge in [-0.25, -0.2) is 4.79 Å². The molecule has 0 amide bonds. The normalized spacial score (nSPS) is 14.0. The van der Waals surface area contributed by atoms with Gasteiger partial charge in [0, 0.05) is 17.4 Å². The van der Waals surface area contributed by atoms with E-state index in [4.69, 9.17) is 14.5 Å². The molecule has 0 aliphatic carbocycles. The van der Waals surface area contributed by atoms with Gasteiger partial charge in [-0.3, -0.25) is 4.79 Å². The SMILES string of the molecule is O=C(O)CCCCCCC(Cc1ccccc1)(O[P+](=O)O)C(=O)O. The molecule has 0 fully saturated rings. The van der Waals surface area contributed by atoms with Crippen LogP contribution < -0.4 is 0 Å². The molecule has 0 saturated heterocycles. The standard InChI is InChI=1S/C16H21O7P/c17-14(18)10-6-1-2-7-11-16(15(19)20,23-24(21)22)12-13-8-4-3-5-9-13/h3-5,8-9H,1-2,6-7,10-12H2,(H2-,17,18,19,20,21,22)/p+1.